The third-order valence-corrected chi connectivity index (χ3v) is 6.68. The molecule has 5 rings (SSSR count). The summed E-state index contributed by atoms with van der Waals surface area (Å²) in [5.41, 5.74) is 4.72. The van der Waals surface area contributed by atoms with Crippen molar-refractivity contribution in [3.05, 3.63) is 83.4 Å². The molecule has 0 bridgehead atoms. The number of allylic oxidation sites excluding steroid dienone is 1. The van der Waals surface area contributed by atoms with Gasteiger partial charge in [0.1, 0.15) is 29.1 Å². The van der Waals surface area contributed by atoms with Gasteiger partial charge in [0.15, 0.2) is 0 Å². The first-order chi connectivity index (χ1) is 16.5. The molecule has 2 N–H and O–H groups in total. The van der Waals surface area contributed by atoms with Crippen LogP contribution in [0.4, 0.5) is 0 Å². The van der Waals surface area contributed by atoms with Gasteiger partial charge in [0.05, 0.1) is 6.61 Å². The molecule has 34 heavy (non-hydrogen) atoms. The van der Waals surface area contributed by atoms with Crippen molar-refractivity contribution in [2.24, 2.45) is 5.92 Å². The largest absolute Gasteiger partial charge is 0.508 e. The van der Waals surface area contributed by atoms with Gasteiger partial charge in [-0.3, -0.25) is 0 Å². The Morgan fingerprint density at radius 1 is 0.971 bits per heavy atom. The number of hydrogen-bond donors (Lipinski definition) is 2. The van der Waals surface area contributed by atoms with Gasteiger partial charge in [0.2, 0.25) is 0 Å². The second kappa shape index (κ2) is 9.43. The molecule has 0 amide bonds. The molecule has 0 radical (unpaired) electrons. The molecule has 0 aliphatic carbocycles. The van der Waals surface area contributed by atoms with Gasteiger partial charge < -0.3 is 24.6 Å². The second-order valence-corrected chi connectivity index (χ2v) is 9.27. The molecule has 0 aromatic heterocycles. The summed E-state index contributed by atoms with van der Waals surface area (Å²) < 4.78 is 12.5. The third-order valence-electron chi connectivity index (χ3n) is 6.68. The molecule has 3 aromatic rings. The maximum atomic E-state index is 10.1. The number of phenols is 2. The van der Waals surface area contributed by atoms with Crippen LogP contribution in [0.15, 0.2) is 66.7 Å². The van der Waals surface area contributed by atoms with E-state index in [0.29, 0.717) is 5.92 Å². The van der Waals surface area contributed by atoms with Gasteiger partial charge in [-0.2, -0.15) is 0 Å². The third kappa shape index (κ3) is 4.48. The van der Waals surface area contributed by atoms with Crippen molar-refractivity contribution in [2.75, 3.05) is 26.2 Å². The highest BCUT2D eigenvalue weighted by atomic mass is 16.5. The predicted molar refractivity (Wildman–Crippen MR) is 134 cm³/mol. The van der Waals surface area contributed by atoms with Gasteiger partial charge in [0.25, 0.3) is 0 Å². The maximum absolute atomic E-state index is 10.1. The molecule has 1 atom stereocenters. The number of ether oxygens (including phenoxy) is 2. The van der Waals surface area contributed by atoms with Crippen molar-refractivity contribution in [3.63, 3.8) is 0 Å². The summed E-state index contributed by atoms with van der Waals surface area (Å²) in [5, 5.41) is 20.2. The summed E-state index contributed by atoms with van der Waals surface area (Å²) >= 11 is 0. The lowest BCUT2D eigenvalue weighted by Crippen LogP contribution is -2.49. The van der Waals surface area contributed by atoms with Crippen molar-refractivity contribution >= 4 is 11.1 Å². The van der Waals surface area contributed by atoms with Crippen molar-refractivity contribution in [3.8, 4) is 23.0 Å². The van der Waals surface area contributed by atoms with Crippen LogP contribution in [-0.4, -0.2) is 41.4 Å². The first kappa shape index (κ1) is 22.4. The lowest BCUT2D eigenvalue weighted by molar-refractivity contribution is 0.0624. The number of hydrogen-bond acceptors (Lipinski definition) is 5. The van der Waals surface area contributed by atoms with E-state index in [1.54, 1.807) is 30.3 Å². The van der Waals surface area contributed by atoms with Gasteiger partial charge >= 0.3 is 0 Å². The molecule has 176 valence electrons. The zero-order chi connectivity index (χ0) is 23.7. The Balaban J connectivity index is 1.39. The number of benzene rings is 3. The Morgan fingerprint density at radius 2 is 1.74 bits per heavy atom. The molecular formula is C29H31NO4. The zero-order valence-corrected chi connectivity index (χ0v) is 19.7. The fraction of sp³-hybridized carbons (Fsp3) is 0.310. The Morgan fingerprint density at radius 3 is 2.47 bits per heavy atom. The highest BCUT2D eigenvalue weighted by molar-refractivity contribution is 5.95. The van der Waals surface area contributed by atoms with E-state index in [9.17, 15) is 10.2 Å². The van der Waals surface area contributed by atoms with Crippen LogP contribution in [0.25, 0.3) is 11.1 Å². The predicted octanol–water partition coefficient (Wildman–Crippen LogP) is 5.88. The molecule has 0 spiro atoms. The molecule has 2 aliphatic rings. The first-order valence-electron chi connectivity index (χ1n) is 12.0. The number of phenolic OH excluding ortho intramolecular Hbond substituents is 2. The summed E-state index contributed by atoms with van der Waals surface area (Å²) in [6.45, 7) is 8.40. The van der Waals surface area contributed by atoms with E-state index in [4.69, 9.17) is 9.47 Å². The van der Waals surface area contributed by atoms with Crippen molar-refractivity contribution < 1.29 is 19.7 Å². The second-order valence-electron chi connectivity index (χ2n) is 9.27. The molecule has 2 aliphatic heterocycles. The number of aromatic hydroxyl groups is 2. The van der Waals surface area contributed by atoms with Crippen molar-refractivity contribution in [1.82, 2.24) is 4.90 Å². The first-order valence-corrected chi connectivity index (χ1v) is 12.0. The van der Waals surface area contributed by atoms with Crippen LogP contribution in [0.3, 0.4) is 0 Å². The summed E-state index contributed by atoms with van der Waals surface area (Å²) in [4.78, 5) is 2.46. The van der Waals surface area contributed by atoms with E-state index in [2.05, 4.69) is 11.8 Å². The van der Waals surface area contributed by atoms with Crippen LogP contribution >= 0.6 is 0 Å². The molecule has 5 heteroatoms. The smallest absolute Gasteiger partial charge is 0.150 e. The van der Waals surface area contributed by atoms with Crippen LogP contribution in [0.1, 0.15) is 43.1 Å². The van der Waals surface area contributed by atoms with Crippen LogP contribution in [0, 0.1) is 5.92 Å². The number of likely N-dealkylation sites (tertiary alicyclic amines) is 1. The van der Waals surface area contributed by atoms with Crippen LogP contribution < -0.4 is 9.47 Å². The summed E-state index contributed by atoms with van der Waals surface area (Å²) in [7, 11) is 0. The Hall–Kier alpha value is -3.44. The SMILES string of the molecule is CCCN1CC(COc2ccc(C3Oc4ccc(O)cc4C(C)=C3c3cccc(O)c3)cc2)C1. The van der Waals surface area contributed by atoms with Gasteiger partial charge in [-0.25, -0.2) is 0 Å². The van der Waals surface area contributed by atoms with Gasteiger partial charge in [-0.15, -0.1) is 0 Å². The molecule has 3 aromatic carbocycles. The van der Waals surface area contributed by atoms with Crippen LogP contribution in [-0.2, 0) is 0 Å². The Labute approximate surface area is 200 Å². The average Bonchev–Trinajstić information content (AvgIpc) is 2.81. The van der Waals surface area contributed by atoms with Crippen molar-refractivity contribution in [1.29, 1.82) is 0 Å². The van der Waals surface area contributed by atoms with Crippen LogP contribution in [0.5, 0.6) is 23.0 Å². The standard InChI is InChI=1S/C29H31NO4/c1-3-13-30-16-20(17-30)18-33-25-10-7-21(8-11-25)29-28(22-5-4-6-23(31)14-22)19(2)26-15-24(32)9-12-27(26)34-29/h4-12,14-15,20,29,31-32H,3,13,16-18H2,1-2H3. The molecule has 1 saturated heterocycles. The normalized spacial score (nSPS) is 18.2. The van der Waals surface area contributed by atoms with E-state index >= 15 is 0 Å². The minimum atomic E-state index is -0.345. The summed E-state index contributed by atoms with van der Waals surface area (Å²) in [6.07, 6.45) is 0.852. The van der Waals surface area contributed by atoms with Gasteiger partial charge in [0, 0.05) is 30.1 Å². The molecule has 5 nitrogen and oxygen atoms in total. The van der Waals surface area contributed by atoms with E-state index in [1.165, 1.54) is 13.0 Å². The lowest BCUT2D eigenvalue weighted by Gasteiger charge is -2.38. The van der Waals surface area contributed by atoms with Gasteiger partial charge in [-0.05, 0) is 79.1 Å². The van der Waals surface area contributed by atoms with E-state index in [-0.39, 0.29) is 17.6 Å². The maximum Gasteiger partial charge on any atom is 0.150 e. The molecular weight excluding hydrogens is 426 g/mol. The average molecular weight is 458 g/mol. The number of nitrogens with zero attached hydrogens (tertiary/aromatic N) is 1. The Kier molecular flexibility index (Phi) is 6.20. The highest BCUT2D eigenvalue weighted by Gasteiger charge is 2.30. The minimum absolute atomic E-state index is 0.196. The summed E-state index contributed by atoms with van der Waals surface area (Å²) in [6, 6.07) is 20.5. The monoisotopic (exact) mass is 457 g/mol. The Bertz CT molecular complexity index is 1200. The van der Waals surface area contributed by atoms with Gasteiger partial charge in [-0.1, -0.05) is 31.2 Å². The number of rotatable bonds is 7. The van der Waals surface area contributed by atoms with E-state index in [0.717, 1.165) is 59.0 Å². The van der Waals surface area contributed by atoms with Crippen molar-refractivity contribution in [2.45, 2.75) is 26.4 Å². The van der Waals surface area contributed by atoms with E-state index < -0.39 is 0 Å². The van der Waals surface area contributed by atoms with E-state index in [1.807, 2.05) is 43.3 Å². The fourth-order valence-electron chi connectivity index (χ4n) is 4.95. The minimum Gasteiger partial charge on any atom is -0.508 e. The zero-order valence-electron chi connectivity index (χ0n) is 19.7. The fourth-order valence-corrected chi connectivity index (χ4v) is 4.95. The topological polar surface area (TPSA) is 62.2 Å². The number of fused-ring (bicyclic) bond motifs is 1. The van der Waals surface area contributed by atoms with Crippen LogP contribution in [0.2, 0.25) is 0 Å². The molecule has 1 fully saturated rings. The molecule has 1 unspecified atom stereocenters. The summed E-state index contributed by atoms with van der Waals surface area (Å²) in [5.74, 6) is 2.59. The quantitative estimate of drug-likeness (QED) is 0.464. The lowest BCUT2D eigenvalue weighted by atomic mass is 9.86. The highest BCUT2D eigenvalue weighted by Crippen LogP contribution is 2.47. The molecule has 2 heterocycles. The molecule has 0 saturated carbocycles.